The normalized spacial score (nSPS) is 11.6. The van der Waals surface area contributed by atoms with Crippen LogP contribution >= 0.6 is 0 Å². The number of nitrogens with one attached hydrogen (secondary N) is 1. The minimum absolute atomic E-state index is 0.0397. The Kier molecular flexibility index (Phi) is 5.55. The third-order valence-electron chi connectivity index (χ3n) is 3.85. The van der Waals surface area contributed by atoms with Gasteiger partial charge >= 0.3 is 0 Å². The molecule has 8 heteroatoms. The van der Waals surface area contributed by atoms with E-state index in [-0.39, 0.29) is 12.6 Å². The molecule has 8 nitrogen and oxygen atoms in total. The maximum absolute atomic E-state index is 10.8. The molecule has 27 heavy (non-hydrogen) atoms. The number of ether oxygens (including phenoxy) is 1. The van der Waals surface area contributed by atoms with Gasteiger partial charge in [-0.05, 0) is 32.0 Å². The number of anilines is 1. The second-order valence-corrected chi connectivity index (χ2v) is 5.96. The van der Waals surface area contributed by atoms with E-state index in [4.69, 9.17) is 10.5 Å². The molecule has 2 heterocycles. The number of carbonyl (C=O) groups is 1. The zero-order valence-corrected chi connectivity index (χ0v) is 15.1. The van der Waals surface area contributed by atoms with Gasteiger partial charge in [-0.1, -0.05) is 6.07 Å². The molecule has 0 aliphatic rings. The minimum Gasteiger partial charge on any atom is -0.484 e. The largest absolute Gasteiger partial charge is 0.484 e. The number of primary amides is 1. The second kappa shape index (κ2) is 8.22. The molecule has 3 N–H and O–H groups in total. The van der Waals surface area contributed by atoms with Gasteiger partial charge in [0.2, 0.25) is 0 Å². The van der Waals surface area contributed by atoms with Crippen LogP contribution in [0, 0.1) is 6.92 Å². The Bertz CT molecular complexity index is 932. The molecule has 0 radical (unpaired) electrons. The van der Waals surface area contributed by atoms with E-state index in [2.05, 4.69) is 25.3 Å². The molecule has 2 aromatic heterocycles. The van der Waals surface area contributed by atoms with Crippen molar-refractivity contribution < 1.29 is 9.53 Å². The third-order valence-corrected chi connectivity index (χ3v) is 3.85. The Morgan fingerprint density at radius 3 is 2.67 bits per heavy atom. The van der Waals surface area contributed by atoms with E-state index in [1.165, 1.54) is 0 Å². The van der Waals surface area contributed by atoms with Crippen molar-refractivity contribution in [3.63, 3.8) is 0 Å². The van der Waals surface area contributed by atoms with Crippen LogP contribution in [0.1, 0.15) is 24.2 Å². The first-order valence-corrected chi connectivity index (χ1v) is 8.41. The lowest BCUT2D eigenvalue weighted by Gasteiger charge is -2.18. The summed E-state index contributed by atoms with van der Waals surface area (Å²) in [6, 6.07) is 9.03. The number of hydrogen-bond donors (Lipinski definition) is 2. The number of aryl methyl sites for hydroxylation is 1. The van der Waals surface area contributed by atoms with Crippen LogP contribution < -0.4 is 15.8 Å². The van der Waals surface area contributed by atoms with Crippen LogP contribution in [0.5, 0.6) is 5.75 Å². The van der Waals surface area contributed by atoms with E-state index in [0.717, 1.165) is 16.9 Å². The average Bonchev–Trinajstić information content (AvgIpc) is 2.67. The first-order valence-electron chi connectivity index (χ1n) is 8.41. The van der Waals surface area contributed by atoms with E-state index >= 15 is 0 Å². The van der Waals surface area contributed by atoms with Crippen molar-refractivity contribution in [3.05, 3.63) is 60.2 Å². The molecule has 1 aromatic carbocycles. The average molecular weight is 364 g/mol. The summed E-state index contributed by atoms with van der Waals surface area (Å²) in [7, 11) is 0. The lowest BCUT2D eigenvalue weighted by atomic mass is 10.1. The van der Waals surface area contributed by atoms with Gasteiger partial charge in [-0.3, -0.25) is 4.79 Å². The highest BCUT2D eigenvalue weighted by Crippen LogP contribution is 2.24. The maximum atomic E-state index is 10.8. The predicted molar refractivity (Wildman–Crippen MR) is 101 cm³/mol. The summed E-state index contributed by atoms with van der Waals surface area (Å²) in [5.41, 5.74) is 7.75. The smallest absolute Gasteiger partial charge is 0.255 e. The molecule has 1 atom stereocenters. The predicted octanol–water partition coefficient (Wildman–Crippen LogP) is 2.28. The zero-order chi connectivity index (χ0) is 19.2. The Balaban J connectivity index is 1.73. The molecule has 0 fully saturated rings. The van der Waals surface area contributed by atoms with Gasteiger partial charge in [0, 0.05) is 41.6 Å². The summed E-state index contributed by atoms with van der Waals surface area (Å²) < 4.78 is 5.33. The highest BCUT2D eigenvalue weighted by atomic mass is 16.5. The van der Waals surface area contributed by atoms with Crippen molar-refractivity contribution in [3.8, 4) is 17.4 Å². The van der Waals surface area contributed by atoms with Gasteiger partial charge in [-0.2, -0.15) is 0 Å². The van der Waals surface area contributed by atoms with E-state index < -0.39 is 5.91 Å². The Morgan fingerprint density at radius 2 is 1.96 bits per heavy atom. The zero-order valence-electron chi connectivity index (χ0n) is 15.1. The van der Waals surface area contributed by atoms with Gasteiger partial charge in [-0.15, -0.1) is 0 Å². The van der Waals surface area contributed by atoms with Crippen molar-refractivity contribution in [2.45, 2.75) is 19.9 Å². The van der Waals surface area contributed by atoms with Gasteiger partial charge < -0.3 is 15.8 Å². The fourth-order valence-electron chi connectivity index (χ4n) is 2.58. The van der Waals surface area contributed by atoms with Gasteiger partial charge in [0.1, 0.15) is 5.75 Å². The van der Waals surface area contributed by atoms with Crippen molar-refractivity contribution >= 4 is 11.6 Å². The van der Waals surface area contributed by atoms with Crippen molar-refractivity contribution in [1.82, 2.24) is 19.9 Å². The van der Waals surface area contributed by atoms with Crippen LogP contribution in [0.15, 0.2) is 48.9 Å². The number of amides is 1. The molecule has 3 aromatic rings. The number of carbonyl (C=O) groups excluding carboxylic acids is 1. The Hall–Kier alpha value is -3.55. The lowest BCUT2D eigenvalue weighted by molar-refractivity contribution is -0.119. The van der Waals surface area contributed by atoms with Crippen molar-refractivity contribution in [1.29, 1.82) is 0 Å². The van der Waals surface area contributed by atoms with E-state index in [9.17, 15) is 4.79 Å². The SMILES string of the molecule is Cc1nc(-c2ncccn2)ncc1C(C)Nc1cccc(OCC(N)=O)c1. The summed E-state index contributed by atoms with van der Waals surface area (Å²) in [4.78, 5) is 28.1. The summed E-state index contributed by atoms with van der Waals surface area (Å²) in [6.45, 7) is 3.78. The highest BCUT2D eigenvalue weighted by Gasteiger charge is 2.13. The number of aromatic nitrogens is 4. The number of benzene rings is 1. The van der Waals surface area contributed by atoms with E-state index in [0.29, 0.717) is 17.4 Å². The summed E-state index contributed by atoms with van der Waals surface area (Å²) in [5, 5.41) is 3.38. The quantitative estimate of drug-likeness (QED) is 0.660. The molecule has 3 rings (SSSR count). The molecular weight excluding hydrogens is 344 g/mol. The van der Waals surface area contributed by atoms with Gasteiger partial charge in [0.25, 0.3) is 5.91 Å². The van der Waals surface area contributed by atoms with Crippen LogP contribution in [0.25, 0.3) is 11.6 Å². The number of nitrogens with two attached hydrogens (primary N) is 1. The second-order valence-electron chi connectivity index (χ2n) is 5.96. The summed E-state index contributed by atoms with van der Waals surface area (Å²) >= 11 is 0. The molecule has 0 saturated heterocycles. The summed E-state index contributed by atoms with van der Waals surface area (Å²) in [5.74, 6) is 1.03. The topological polar surface area (TPSA) is 116 Å². The van der Waals surface area contributed by atoms with Crippen LogP contribution in [0.2, 0.25) is 0 Å². The monoisotopic (exact) mass is 364 g/mol. The lowest BCUT2D eigenvalue weighted by Crippen LogP contribution is -2.20. The molecule has 138 valence electrons. The van der Waals surface area contributed by atoms with Crippen molar-refractivity contribution in [2.24, 2.45) is 5.73 Å². The molecular formula is C19H20N6O2. The minimum atomic E-state index is -0.517. The first-order chi connectivity index (χ1) is 13.0. The number of hydrogen-bond acceptors (Lipinski definition) is 7. The maximum Gasteiger partial charge on any atom is 0.255 e. The van der Waals surface area contributed by atoms with Crippen LogP contribution in [-0.4, -0.2) is 32.4 Å². The molecule has 0 aliphatic heterocycles. The fourth-order valence-corrected chi connectivity index (χ4v) is 2.58. The van der Waals surface area contributed by atoms with Crippen LogP contribution in [0.4, 0.5) is 5.69 Å². The van der Waals surface area contributed by atoms with Gasteiger partial charge in [0.05, 0.1) is 6.04 Å². The van der Waals surface area contributed by atoms with Gasteiger partial charge in [-0.25, -0.2) is 19.9 Å². The van der Waals surface area contributed by atoms with Gasteiger partial charge in [0.15, 0.2) is 18.3 Å². The summed E-state index contributed by atoms with van der Waals surface area (Å²) in [6.07, 6.45) is 5.10. The van der Waals surface area contributed by atoms with Crippen LogP contribution in [-0.2, 0) is 4.79 Å². The molecule has 0 spiro atoms. The Morgan fingerprint density at radius 1 is 1.19 bits per heavy atom. The number of rotatable bonds is 7. The third kappa shape index (κ3) is 4.75. The Labute approximate surface area is 156 Å². The first kappa shape index (κ1) is 18.2. The molecule has 0 saturated carbocycles. The van der Waals surface area contributed by atoms with Crippen LogP contribution in [0.3, 0.4) is 0 Å². The van der Waals surface area contributed by atoms with E-state index in [1.807, 2.05) is 32.0 Å². The fraction of sp³-hybridized carbons (Fsp3) is 0.211. The molecule has 1 amide bonds. The van der Waals surface area contributed by atoms with Crippen molar-refractivity contribution in [2.75, 3.05) is 11.9 Å². The molecule has 1 unspecified atom stereocenters. The molecule has 0 bridgehead atoms. The van der Waals surface area contributed by atoms with E-state index in [1.54, 1.807) is 30.7 Å². The molecule has 0 aliphatic carbocycles. The highest BCUT2D eigenvalue weighted by molar-refractivity contribution is 5.75. The number of nitrogens with zero attached hydrogens (tertiary/aromatic N) is 4. The standard InChI is InChI=1S/C19H20N6O2/c1-12(24-14-5-3-6-15(9-14)27-11-17(20)26)16-10-23-19(25-13(16)2)18-21-7-4-8-22-18/h3-10,12,24H,11H2,1-2H3,(H2,20,26).